The standard InChI is InChI=1S/C9H11F5O5/c1-3-4-19-6(16)7(17,5(15)18-2)8(10,11)9(12,13)14/h17H,3-4H2,1-2H3. The largest absolute Gasteiger partial charge is 0.466 e. The van der Waals surface area contributed by atoms with Gasteiger partial charge in [0.05, 0.1) is 13.7 Å². The van der Waals surface area contributed by atoms with Gasteiger partial charge >= 0.3 is 29.6 Å². The molecule has 5 nitrogen and oxygen atoms in total. The summed E-state index contributed by atoms with van der Waals surface area (Å²) in [6.45, 7) is 0.873. The zero-order chi connectivity index (χ0) is 15.5. The quantitative estimate of drug-likeness (QED) is 0.466. The third-order valence-corrected chi connectivity index (χ3v) is 2.02. The first kappa shape index (κ1) is 17.6. The number of esters is 2. The van der Waals surface area contributed by atoms with Crippen molar-refractivity contribution in [3.05, 3.63) is 0 Å². The van der Waals surface area contributed by atoms with Crippen molar-refractivity contribution in [2.45, 2.75) is 31.0 Å². The second-order valence-corrected chi connectivity index (χ2v) is 3.41. The van der Waals surface area contributed by atoms with Crippen LogP contribution in [-0.4, -0.2) is 48.5 Å². The van der Waals surface area contributed by atoms with E-state index in [4.69, 9.17) is 0 Å². The maximum Gasteiger partial charge on any atom is 0.457 e. The van der Waals surface area contributed by atoms with Crippen molar-refractivity contribution in [2.24, 2.45) is 0 Å². The highest BCUT2D eigenvalue weighted by Crippen LogP contribution is 2.44. The Kier molecular flexibility index (Phi) is 5.24. The van der Waals surface area contributed by atoms with Crippen LogP contribution in [-0.2, 0) is 19.1 Å². The summed E-state index contributed by atoms with van der Waals surface area (Å²) in [5, 5.41) is 9.22. The minimum atomic E-state index is -6.35. The van der Waals surface area contributed by atoms with Gasteiger partial charge in [0, 0.05) is 0 Å². The van der Waals surface area contributed by atoms with Gasteiger partial charge in [-0.1, -0.05) is 6.92 Å². The summed E-state index contributed by atoms with van der Waals surface area (Å²) in [6.07, 6.45) is -6.26. The summed E-state index contributed by atoms with van der Waals surface area (Å²) in [5.41, 5.74) is -4.78. The number of aliphatic hydroxyl groups is 1. The number of halogens is 5. The van der Waals surface area contributed by atoms with Crippen LogP contribution < -0.4 is 0 Å². The predicted molar refractivity (Wildman–Crippen MR) is 49.2 cm³/mol. The first-order valence-corrected chi connectivity index (χ1v) is 4.89. The van der Waals surface area contributed by atoms with Crippen molar-refractivity contribution in [2.75, 3.05) is 13.7 Å². The Bertz CT molecular complexity index is 353. The summed E-state index contributed by atoms with van der Waals surface area (Å²) in [5.74, 6) is -10.9. The fraction of sp³-hybridized carbons (Fsp3) is 0.778. The van der Waals surface area contributed by atoms with E-state index in [0.717, 1.165) is 0 Å². The zero-order valence-corrected chi connectivity index (χ0v) is 9.88. The number of carbonyl (C=O) groups excluding carboxylic acids is 2. The Balaban J connectivity index is 5.67. The molecule has 0 spiro atoms. The van der Waals surface area contributed by atoms with Crippen LogP contribution in [0.25, 0.3) is 0 Å². The molecule has 0 aliphatic heterocycles. The molecule has 0 aliphatic rings. The fourth-order valence-corrected chi connectivity index (χ4v) is 0.992. The second kappa shape index (κ2) is 5.68. The fourth-order valence-electron chi connectivity index (χ4n) is 0.992. The molecule has 0 fully saturated rings. The number of hydrogen-bond acceptors (Lipinski definition) is 5. The first-order chi connectivity index (χ1) is 8.46. The Morgan fingerprint density at radius 2 is 1.58 bits per heavy atom. The van der Waals surface area contributed by atoms with E-state index in [0.29, 0.717) is 7.11 Å². The van der Waals surface area contributed by atoms with Gasteiger partial charge in [0.2, 0.25) is 0 Å². The molecule has 0 aliphatic carbocycles. The number of ether oxygens (including phenoxy) is 2. The van der Waals surface area contributed by atoms with Crippen LogP contribution >= 0.6 is 0 Å². The van der Waals surface area contributed by atoms with Crippen LogP contribution in [0.5, 0.6) is 0 Å². The van der Waals surface area contributed by atoms with Crippen LogP contribution in [0.15, 0.2) is 0 Å². The molecule has 1 atom stereocenters. The Morgan fingerprint density at radius 1 is 1.11 bits per heavy atom. The van der Waals surface area contributed by atoms with Crippen molar-refractivity contribution in [3.63, 3.8) is 0 Å². The molecule has 0 heterocycles. The lowest BCUT2D eigenvalue weighted by atomic mass is 9.95. The van der Waals surface area contributed by atoms with Crippen molar-refractivity contribution in [3.8, 4) is 0 Å². The molecule has 10 heteroatoms. The third kappa shape index (κ3) is 2.94. The molecule has 0 aromatic heterocycles. The van der Waals surface area contributed by atoms with E-state index in [9.17, 15) is 36.6 Å². The van der Waals surface area contributed by atoms with E-state index in [2.05, 4.69) is 9.47 Å². The minimum Gasteiger partial charge on any atom is -0.466 e. The van der Waals surface area contributed by atoms with Gasteiger partial charge in [0.15, 0.2) is 0 Å². The van der Waals surface area contributed by atoms with Gasteiger partial charge in [-0.05, 0) is 6.42 Å². The van der Waals surface area contributed by atoms with Gasteiger partial charge in [0.25, 0.3) is 0 Å². The topological polar surface area (TPSA) is 72.8 Å². The van der Waals surface area contributed by atoms with Crippen LogP contribution in [0.1, 0.15) is 13.3 Å². The number of carbonyl (C=O) groups is 2. The van der Waals surface area contributed by atoms with E-state index >= 15 is 0 Å². The van der Waals surface area contributed by atoms with Gasteiger partial charge in [-0.15, -0.1) is 0 Å². The van der Waals surface area contributed by atoms with Gasteiger partial charge < -0.3 is 14.6 Å². The maximum atomic E-state index is 13.1. The molecule has 1 unspecified atom stereocenters. The number of hydrogen-bond donors (Lipinski definition) is 1. The van der Waals surface area contributed by atoms with Gasteiger partial charge in [-0.25, -0.2) is 9.59 Å². The molecular weight excluding hydrogens is 283 g/mol. The third-order valence-electron chi connectivity index (χ3n) is 2.02. The smallest absolute Gasteiger partial charge is 0.457 e. The van der Waals surface area contributed by atoms with E-state index in [-0.39, 0.29) is 6.42 Å². The molecule has 0 bridgehead atoms. The molecular formula is C9H11F5O5. The van der Waals surface area contributed by atoms with E-state index in [1.54, 1.807) is 0 Å². The number of rotatable bonds is 5. The summed E-state index contributed by atoms with van der Waals surface area (Å²) in [6, 6.07) is 0. The Morgan fingerprint density at radius 3 is 1.89 bits per heavy atom. The highest BCUT2D eigenvalue weighted by atomic mass is 19.4. The van der Waals surface area contributed by atoms with Crippen LogP contribution in [0.3, 0.4) is 0 Å². The van der Waals surface area contributed by atoms with Crippen molar-refractivity contribution < 1.29 is 46.1 Å². The van der Waals surface area contributed by atoms with Gasteiger partial charge in [-0.3, -0.25) is 0 Å². The van der Waals surface area contributed by atoms with E-state index in [1.165, 1.54) is 6.92 Å². The zero-order valence-electron chi connectivity index (χ0n) is 9.88. The van der Waals surface area contributed by atoms with Crippen LogP contribution in [0.4, 0.5) is 22.0 Å². The molecule has 1 N–H and O–H groups in total. The molecule has 0 saturated carbocycles. The van der Waals surface area contributed by atoms with Crippen molar-refractivity contribution in [1.29, 1.82) is 0 Å². The number of methoxy groups -OCH3 is 1. The average Bonchev–Trinajstić information content (AvgIpc) is 2.31. The summed E-state index contributed by atoms with van der Waals surface area (Å²) in [4.78, 5) is 22.1. The molecule has 112 valence electrons. The lowest BCUT2D eigenvalue weighted by Gasteiger charge is -2.31. The first-order valence-electron chi connectivity index (χ1n) is 4.89. The lowest BCUT2D eigenvalue weighted by molar-refractivity contribution is -0.333. The number of alkyl halides is 5. The van der Waals surface area contributed by atoms with Crippen LogP contribution in [0.2, 0.25) is 0 Å². The molecule has 0 aromatic carbocycles. The maximum absolute atomic E-state index is 13.1. The molecule has 0 radical (unpaired) electrons. The Labute approximate surface area is 104 Å². The van der Waals surface area contributed by atoms with E-state index < -0.39 is 36.2 Å². The highest BCUT2D eigenvalue weighted by Gasteiger charge is 2.78. The lowest BCUT2D eigenvalue weighted by Crippen LogP contribution is -2.66. The molecule has 0 amide bonds. The minimum absolute atomic E-state index is 0.0839. The van der Waals surface area contributed by atoms with Crippen molar-refractivity contribution in [1.82, 2.24) is 0 Å². The SMILES string of the molecule is CCCOC(=O)C(O)(C(=O)OC)C(F)(F)C(F)(F)F. The Hall–Kier alpha value is -1.45. The van der Waals surface area contributed by atoms with Crippen LogP contribution in [0, 0.1) is 0 Å². The second-order valence-electron chi connectivity index (χ2n) is 3.41. The summed E-state index contributed by atoms with van der Waals surface area (Å²) < 4.78 is 70.4. The monoisotopic (exact) mass is 294 g/mol. The summed E-state index contributed by atoms with van der Waals surface area (Å²) >= 11 is 0. The predicted octanol–water partition coefficient (Wildman–Crippen LogP) is 1.04. The summed E-state index contributed by atoms with van der Waals surface area (Å²) in [7, 11) is 0.437. The average molecular weight is 294 g/mol. The van der Waals surface area contributed by atoms with Gasteiger partial charge in [-0.2, -0.15) is 22.0 Å². The molecule has 0 aromatic rings. The molecule has 19 heavy (non-hydrogen) atoms. The molecule has 0 rings (SSSR count). The van der Waals surface area contributed by atoms with E-state index in [1.807, 2.05) is 0 Å². The molecule has 0 saturated heterocycles. The normalized spacial score (nSPS) is 15.6. The highest BCUT2D eigenvalue weighted by molar-refractivity contribution is 6.04. The van der Waals surface area contributed by atoms with Gasteiger partial charge in [0.1, 0.15) is 0 Å². The van der Waals surface area contributed by atoms with Crippen molar-refractivity contribution >= 4 is 11.9 Å².